The number of aromatic hydroxyl groups is 1. The Morgan fingerprint density at radius 2 is 1.11 bits per heavy atom. The zero-order valence-corrected chi connectivity index (χ0v) is 33.6. The number of benzene rings is 6. The summed E-state index contributed by atoms with van der Waals surface area (Å²) in [6.07, 6.45) is 0. The molecule has 1 aliphatic carbocycles. The number of fused-ring (bicyclic) bond motifs is 2. The van der Waals surface area contributed by atoms with Gasteiger partial charge in [-0.2, -0.15) is 5.26 Å². The summed E-state index contributed by atoms with van der Waals surface area (Å²) in [5.74, 6) is -5.27. The summed E-state index contributed by atoms with van der Waals surface area (Å²) in [5, 5.41) is 61.1. The summed E-state index contributed by atoms with van der Waals surface area (Å²) in [4.78, 5) is 63.2. The molecule has 1 aliphatic heterocycles. The van der Waals surface area contributed by atoms with Crippen LogP contribution >= 0.6 is 0 Å². The van der Waals surface area contributed by atoms with E-state index < -0.39 is 50.1 Å². The van der Waals surface area contributed by atoms with Crippen LogP contribution in [0.1, 0.15) is 5.56 Å². The van der Waals surface area contributed by atoms with E-state index in [4.69, 9.17) is 13.9 Å². The highest BCUT2D eigenvalue weighted by atomic mass is 16.5. The number of nitrogens with zero attached hydrogens (tertiary/aromatic N) is 3. The molecular formula is C48H37N3O13. The van der Waals surface area contributed by atoms with E-state index in [1.54, 1.807) is 78.9 Å². The molecule has 0 aromatic heterocycles. The molecule has 0 fully saturated rings. The van der Waals surface area contributed by atoms with E-state index in [9.17, 15) is 54.8 Å². The summed E-state index contributed by atoms with van der Waals surface area (Å²) in [7, 11) is 0. The number of ether oxygens (including phenoxy) is 2. The smallest absolute Gasteiger partial charge is 0.323 e. The maximum absolute atomic E-state index is 13.6. The summed E-state index contributed by atoms with van der Waals surface area (Å²) < 4.78 is 18.5. The second-order valence-electron chi connectivity index (χ2n) is 14.3. The number of rotatable bonds is 18. The molecule has 16 heteroatoms. The van der Waals surface area contributed by atoms with Crippen molar-refractivity contribution in [2.45, 2.75) is 0 Å². The lowest BCUT2D eigenvalue weighted by Crippen LogP contribution is -2.35. The predicted molar refractivity (Wildman–Crippen MR) is 234 cm³/mol. The van der Waals surface area contributed by atoms with Gasteiger partial charge in [-0.3, -0.25) is 24.0 Å². The third-order valence-corrected chi connectivity index (χ3v) is 10.0. The van der Waals surface area contributed by atoms with E-state index in [2.05, 4.69) is 6.07 Å². The highest BCUT2D eigenvalue weighted by Gasteiger charge is 2.27. The van der Waals surface area contributed by atoms with E-state index in [-0.39, 0.29) is 69.7 Å². The molecule has 1 heterocycles. The zero-order chi connectivity index (χ0) is 45.5. The molecule has 0 amide bonds. The average Bonchev–Trinajstić information content (AvgIpc) is 3.26. The Kier molecular flexibility index (Phi) is 12.7. The molecule has 5 aromatic carbocycles. The van der Waals surface area contributed by atoms with Gasteiger partial charge in [0.15, 0.2) is 5.43 Å². The van der Waals surface area contributed by atoms with Gasteiger partial charge in [-0.15, -0.1) is 0 Å². The first-order chi connectivity index (χ1) is 30.8. The van der Waals surface area contributed by atoms with Crippen LogP contribution in [0.5, 0.6) is 17.2 Å². The fourth-order valence-electron chi connectivity index (χ4n) is 7.42. The van der Waals surface area contributed by atoms with Gasteiger partial charge in [0.25, 0.3) is 0 Å². The molecule has 7 rings (SSSR count). The third kappa shape index (κ3) is 9.54. The molecule has 0 saturated heterocycles. The Hall–Kier alpha value is -8.84. The van der Waals surface area contributed by atoms with Crippen LogP contribution in [0.25, 0.3) is 55.7 Å². The molecule has 0 atom stereocenters. The van der Waals surface area contributed by atoms with Crippen LogP contribution in [-0.4, -0.2) is 88.8 Å². The fourth-order valence-corrected chi connectivity index (χ4v) is 7.42. The number of hydrogen-bond donors (Lipinski definition) is 5. The fraction of sp³-hybridized carbons (Fsp3) is 0.125. The zero-order valence-electron chi connectivity index (χ0n) is 33.6. The van der Waals surface area contributed by atoms with Gasteiger partial charge < -0.3 is 49.2 Å². The Labute approximate surface area is 363 Å². The van der Waals surface area contributed by atoms with Gasteiger partial charge in [0.05, 0.1) is 23.0 Å². The number of phenolic OH excluding ortho intramolecular Hbond substituents is 1. The third-order valence-electron chi connectivity index (χ3n) is 10.0. The number of hydrogen-bond acceptors (Lipinski definition) is 12. The van der Waals surface area contributed by atoms with Gasteiger partial charge in [0.2, 0.25) is 0 Å². The standard InChI is InChI=1S/C48H37N3O13/c49-23-30-17-37(51(26-46(58)59)27-47(60)61)43(63-16-15-62-40-14-8-7-13-36(40)50(24-44(54)55)25-45(56)57)20-33(30)48-34-18-31(28-9-3-1-4-10-28)38(52)21-41(34)64-42-22-39(53)32(19-35(42)48)29-11-5-2-6-12-29/h1-14,17-22,52H,15-16,24-27H2,(H,54,55)(H,56,57)(H,58,59)(H,60,61). The van der Waals surface area contributed by atoms with Crippen molar-refractivity contribution in [3.8, 4) is 68.0 Å². The lowest BCUT2D eigenvalue weighted by molar-refractivity contribution is -0.138. The largest absolute Gasteiger partial charge is 0.507 e. The Morgan fingerprint density at radius 3 is 1.69 bits per heavy atom. The number of para-hydroxylation sites is 2. The topological polar surface area (TPSA) is 248 Å². The molecule has 16 nitrogen and oxygen atoms in total. The predicted octanol–water partition coefficient (Wildman–Crippen LogP) is 6.89. The maximum Gasteiger partial charge on any atom is 0.323 e. The van der Waals surface area contributed by atoms with Crippen molar-refractivity contribution in [3.05, 3.63) is 137 Å². The van der Waals surface area contributed by atoms with Crippen molar-refractivity contribution in [3.63, 3.8) is 0 Å². The Morgan fingerprint density at radius 1 is 0.578 bits per heavy atom. The number of carboxylic acid groups (broad SMARTS) is 4. The Bertz CT molecular complexity index is 2950. The van der Waals surface area contributed by atoms with E-state index in [0.29, 0.717) is 38.8 Å². The molecule has 2 aliphatic rings. The Balaban J connectivity index is 1.42. The molecule has 0 unspecified atom stereocenters. The highest BCUT2D eigenvalue weighted by molar-refractivity contribution is 6.06. The minimum Gasteiger partial charge on any atom is -0.507 e. The summed E-state index contributed by atoms with van der Waals surface area (Å²) >= 11 is 0. The molecule has 0 saturated carbocycles. The van der Waals surface area contributed by atoms with Crippen LogP contribution in [-0.2, 0) is 19.2 Å². The van der Waals surface area contributed by atoms with Crippen molar-refractivity contribution in [2.24, 2.45) is 0 Å². The molecule has 0 spiro atoms. The molecular weight excluding hydrogens is 827 g/mol. The lowest BCUT2D eigenvalue weighted by Gasteiger charge is -2.26. The monoisotopic (exact) mass is 863 g/mol. The lowest BCUT2D eigenvalue weighted by atomic mass is 9.87. The van der Waals surface area contributed by atoms with Gasteiger partial charge >= 0.3 is 23.9 Å². The van der Waals surface area contributed by atoms with Crippen LogP contribution in [0.2, 0.25) is 0 Å². The molecule has 0 bridgehead atoms. The van der Waals surface area contributed by atoms with Gasteiger partial charge in [-0.05, 0) is 47.5 Å². The normalized spacial score (nSPS) is 10.9. The maximum atomic E-state index is 13.6. The number of anilines is 2. The van der Waals surface area contributed by atoms with Crippen LogP contribution in [0.15, 0.2) is 131 Å². The van der Waals surface area contributed by atoms with Gasteiger partial charge in [-0.1, -0.05) is 72.8 Å². The van der Waals surface area contributed by atoms with Crippen LogP contribution in [0.4, 0.5) is 11.4 Å². The van der Waals surface area contributed by atoms with Crippen molar-refractivity contribution < 1.29 is 58.6 Å². The second-order valence-corrected chi connectivity index (χ2v) is 14.3. The quantitative estimate of drug-likeness (QED) is 0.0435. The van der Waals surface area contributed by atoms with Gasteiger partial charge in [0.1, 0.15) is 68.0 Å². The van der Waals surface area contributed by atoms with Crippen molar-refractivity contribution in [1.82, 2.24) is 0 Å². The van der Waals surface area contributed by atoms with Crippen LogP contribution in [0.3, 0.4) is 0 Å². The number of carboxylic acids is 4. The van der Waals surface area contributed by atoms with Crippen LogP contribution < -0.4 is 24.7 Å². The van der Waals surface area contributed by atoms with E-state index >= 15 is 0 Å². The number of carbonyl (C=O) groups is 4. The average molecular weight is 864 g/mol. The van der Waals surface area contributed by atoms with E-state index in [1.165, 1.54) is 36.4 Å². The highest BCUT2D eigenvalue weighted by Crippen LogP contribution is 2.47. The van der Waals surface area contributed by atoms with E-state index in [1.807, 2.05) is 6.07 Å². The molecule has 322 valence electrons. The van der Waals surface area contributed by atoms with Gasteiger partial charge in [0, 0.05) is 45.3 Å². The summed E-state index contributed by atoms with van der Waals surface area (Å²) in [5.41, 5.74) is 2.78. The number of aliphatic carboxylic acids is 4. The molecule has 5 aromatic rings. The first-order valence-corrected chi connectivity index (χ1v) is 19.5. The molecule has 5 N–H and O–H groups in total. The molecule has 0 radical (unpaired) electrons. The van der Waals surface area contributed by atoms with Crippen molar-refractivity contribution >= 4 is 46.2 Å². The summed E-state index contributed by atoms with van der Waals surface area (Å²) in [6, 6.07) is 35.1. The van der Waals surface area contributed by atoms with Crippen molar-refractivity contribution in [1.29, 1.82) is 5.26 Å². The van der Waals surface area contributed by atoms with Crippen molar-refractivity contribution in [2.75, 3.05) is 49.2 Å². The number of phenols is 1. The SMILES string of the molecule is N#Cc1cc(N(CC(=O)O)CC(=O)O)c(OCCOc2ccccc2N(CC(=O)O)CC(=O)O)cc1-c1c2cc(-c3ccccc3)c(=O)cc-2oc2cc(O)c(-c3ccccc3)cc12. The number of nitriles is 1. The first-order valence-electron chi connectivity index (χ1n) is 19.5. The minimum absolute atomic E-state index is 0.0409. The van der Waals surface area contributed by atoms with Gasteiger partial charge in [-0.25, -0.2) is 0 Å². The summed E-state index contributed by atoms with van der Waals surface area (Å²) in [6.45, 7) is -3.41. The van der Waals surface area contributed by atoms with Crippen LogP contribution in [0, 0.1) is 11.3 Å². The van der Waals surface area contributed by atoms with E-state index in [0.717, 1.165) is 9.80 Å². The second kappa shape index (κ2) is 18.8. The minimum atomic E-state index is -1.38. The molecule has 64 heavy (non-hydrogen) atoms. The first kappa shape index (κ1) is 43.3.